The van der Waals surface area contributed by atoms with Gasteiger partial charge in [-0.3, -0.25) is 4.79 Å². The molecule has 0 saturated carbocycles. The lowest BCUT2D eigenvalue weighted by atomic mass is 9.83. The minimum absolute atomic E-state index is 0.0848. The first-order valence-corrected chi connectivity index (χ1v) is 8.01. The quantitative estimate of drug-likeness (QED) is 0.449. The van der Waals surface area contributed by atoms with Gasteiger partial charge in [0.2, 0.25) is 0 Å². The zero-order chi connectivity index (χ0) is 17.4. The number of aliphatic hydroxyl groups excluding tert-OH is 1. The standard InChI is InChI=1S/C17H20O7/c1-8-15-13(23-16(8)20)5-10(7-18)3-4-12(22-9(2)19)11-6-14(15)24-17(11)21/h6,10,12-15,18H,1,3-5,7H2,2H3. The summed E-state index contributed by atoms with van der Waals surface area (Å²) in [5.74, 6) is -2.17. The van der Waals surface area contributed by atoms with Gasteiger partial charge in [-0.2, -0.15) is 0 Å². The molecule has 7 nitrogen and oxygen atoms in total. The highest BCUT2D eigenvalue weighted by molar-refractivity contribution is 5.94. The fraction of sp³-hybridized carbons (Fsp3) is 0.588. The van der Waals surface area contributed by atoms with E-state index in [-0.39, 0.29) is 23.7 Å². The van der Waals surface area contributed by atoms with Crippen LogP contribution in [0.25, 0.3) is 0 Å². The number of esters is 3. The molecule has 1 N–H and O–H groups in total. The van der Waals surface area contributed by atoms with Crippen LogP contribution in [0.1, 0.15) is 26.2 Å². The Hall–Kier alpha value is -2.15. The predicted molar refractivity (Wildman–Crippen MR) is 80.5 cm³/mol. The van der Waals surface area contributed by atoms with E-state index >= 15 is 0 Å². The van der Waals surface area contributed by atoms with E-state index in [1.807, 2.05) is 0 Å². The van der Waals surface area contributed by atoms with Gasteiger partial charge in [0.15, 0.2) is 0 Å². The van der Waals surface area contributed by atoms with Gasteiger partial charge in [0.05, 0.1) is 11.5 Å². The number of aliphatic hydroxyl groups is 1. The van der Waals surface area contributed by atoms with Crippen molar-refractivity contribution in [2.24, 2.45) is 11.8 Å². The Morgan fingerprint density at radius 3 is 2.75 bits per heavy atom. The van der Waals surface area contributed by atoms with E-state index in [1.165, 1.54) is 6.92 Å². The SMILES string of the molecule is C=C1C(=O)OC2CC(CO)CCC(OC(C)=O)C3=CC(OC3=O)C12. The van der Waals surface area contributed by atoms with E-state index in [0.717, 1.165) is 0 Å². The molecule has 0 amide bonds. The Balaban J connectivity index is 1.96. The van der Waals surface area contributed by atoms with E-state index < -0.39 is 42.1 Å². The van der Waals surface area contributed by atoms with Crippen LogP contribution in [0.5, 0.6) is 0 Å². The molecule has 7 heteroatoms. The summed E-state index contributed by atoms with van der Waals surface area (Å²) in [5.41, 5.74) is 0.538. The molecule has 1 fully saturated rings. The molecule has 5 unspecified atom stereocenters. The van der Waals surface area contributed by atoms with Crippen molar-refractivity contribution in [3.8, 4) is 0 Å². The van der Waals surface area contributed by atoms with Crippen molar-refractivity contribution < 1.29 is 33.7 Å². The van der Waals surface area contributed by atoms with Crippen LogP contribution >= 0.6 is 0 Å². The van der Waals surface area contributed by atoms with Crippen molar-refractivity contribution in [1.29, 1.82) is 0 Å². The summed E-state index contributed by atoms with van der Waals surface area (Å²) >= 11 is 0. The lowest BCUT2D eigenvalue weighted by Crippen LogP contribution is -2.31. The molecule has 2 bridgehead atoms. The maximum absolute atomic E-state index is 12.2. The summed E-state index contributed by atoms with van der Waals surface area (Å²) in [5, 5.41) is 9.61. The Morgan fingerprint density at radius 2 is 2.08 bits per heavy atom. The molecular formula is C17H20O7. The second-order valence-corrected chi connectivity index (χ2v) is 6.45. The molecule has 0 radical (unpaired) electrons. The minimum Gasteiger partial charge on any atom is -0.458 e. The average Bonchev–Trinajstić information content (AvgIpc) is 3.01. The monoisotopic (exact) mass is 336 g/mol. The van der Waals surface area contributed by atoms with Crippen LogP contribution < -0.4 is 0 Å². The number of fused-ring (bicyclic) bond motifs is 3. The molecule has 1 aliphatic carbocycles. The van der Waals surface area contributed by atoms with E-state index in [1.54, 1.807) is 6.08 Å². The molecule has 0 aromatic rings. The van der Waals surface area contributed by atoms with Crippen LogP contribution in [0, 0.1) is 11.8 Å². The van der Waals surface area contributed by atoms with Crippen LogP contribution in [-0.4, -0.2) is 47.9 Å². The van der Waals surface area contributed by atoms with Crippen molar-refractivity contribution in [1.82, 2.24) is 0 Å². The molecule has 2 aliphatic heterocycles. The zero-order valence-electron chi connectivity index (χ0n) is 13.4. The summed E-state index contributed by atoms with van der Waals surface area (Å²) < 4.78 is 16.0. The fourth-order valence-corrected chi connectivity index (χ4v) is 3.62. The van der Waals surface area contributed by atoms with Crippen LogP contribution in [-0.2, 0) is 28.6 Å². The first-order chi connectivity index (χ1) is 11.4. The van der Waals surface area contributed by atoms with E-state index in [2.05, 4.69) is 6.58 Å². The predicted octanol–water partition coefficient (Wildman–Crippen LogP) is 0.660. The van der Waals surface area contributed by atoms with Gasteiger partial charge in [-0.25, -0.2) is 9.59 Å². The fourth-order valence-electron chi connectivity index (χ4n) is 3.62. The lowest BCUT2D eigenvalue weighted by Gasteiger charge is -2.26. The van der Waals surface area contributed by atoms with Crippen LogP contribution in [0.2, 0.25) is 0 Å². The number of carbonyl (C=O) groups is 3. The van der Waals surface area contributed by atoms with Crippen molar-refractivity contribution in [3.05, 3.63) is 23.8 Å². The second kappa shape index (κ2) is 6.39. The van der Waals surface area contributed by atoms with E-state index in [9.17, 15) is 19.5 Å². The highest BCUT2D eigenvalue weighted by Gasteiger charge is 2.48. The van der Waals surface area contributed by atoms with Crippen molar-refractivity contribution in [3.63, 3.8) is 0 Å². The summed E-state index contributed by atoms with van der Waals surface area (Å²) in [6.45, 7) is 4.96. The highest BCUT2D eigenvalue weighted by atomic mass is 16.6. The van der Waals surface area contributed by atoms with Crippen LogP contribution in [0.15, 0.2) is 23.8 Å². The van der Waals surface area contributed by atoms with Crippen molar-refractivity contribution in [2.75, 3.05) is 6.61 Å². The first-order valence-electron chi connectivity index (χ1n) is 8.01. The molecule has 3 rings (SSSR count). The van der Waals surface area contributed by atoms with Gasteiger partial charge in [-0.15, -0.1) is 0 Å². The molecule has 3 aliphatic rings. The van der Waals surface area contributed by atoms with Gasteiger partial charge in [-0.05, 0) is 31.3 Å². The normalized spacial score (nSPS) is 35.7. The molecule has 130 valence electrons. The molecule has 0 spiro atoms. The molecule has 0 aromatic carbocycles. The summed E-state index contributed by atoms with van der Waals surface area (Å²) in [6.07, 6.45) is 1.10. The molecule has 1 saturated heterocycles. The first kappa shape index (κ1) is 16.7. The number of rotatable bonds is 2. The molecule has 5 atom stereocenters. The highest BCUT2D eigenvalue weighted by Crippen LogP contribution is 2.40. The Labute approximate surface area is 139 Å². The largest absolute Gasteiger partial charge is 0.458 e. The van der Waals surface area contributed by atoms with Gasteiger partial charge < -0.3 is 19.3 Å². The van der Waals surface area contributed by atoms with E-state index in [0.29, 0.717) is 19.3 Å². The van der Waals surface area contributed by atoms with Crippen molar-refractivity contribution in [2.45, 2.75) is 44.5 Å². The topological polar surface area (TPSA) is 99.1 Å². The number of hydrogen-bond donors (Lipinski definition) is 1. The summed E-state index contributed by atoms with van der Waals surface area (Å²) in [6, 6.07) is 0. The molecular weight excluding hydrogens is 316 g/mol. The Bertz CT molecular complexity index is 620. The summed E-state index contributed by atoms with van der Waals surface area (Å²) in [7, 11) is 0. The maximum Gasteiger partial charge on any atom is 0.338 e. The van der Waals surface area contributed by atoms with Crippen LogP contribution in [0.3, 0.4) is 0 Å². The molecule has 2 heterocycles. The molecule has 24 heavy (non-hydrogen) atoms. The average molecular weight is 336 g/mol. The third-order valence-electron chi connectivity index (χ3n) is 4.82. The zero-order valence-corrected chi connectivity index (χ0v) is 13.4. The number of ether oxygens (including phenoxy) is 3. The Kier molecular flexibility index (Phi) is 4.45. The smallest absolute Gasteiger partial charge is 0.338 e. The second-order valence-electron chi connectivity index (χ2n) is 6.45. The van der Waals surface area contributed by atoms with Gasteiger partial charge in [0, 0.05) is 19.1 Å². The number of carbonyl (C=O) groups excluding carboxylic acids is 3. The van der Waals surface area contributed by atoms with E-state index in [4.69, 9.17) is 14.2 Å². The van der Waals surface area contributed by atoms with Crippen LogP contribution in [0.4, 0.5) is 0 Å². The third-order valence-corrected chi connectivity index (χ3v) is 4.82. The number of hydrogen-bond acceptors (Lipinski definition) is 7. The maximum atomic E-state index is 12.2. The molecule has 0 aromatic heterocycles. The van der Waals surface area contributed by atoms with Crippen molar-refractivity contribution >= 4 is 17.9 Å². The Morgan fingerprint density at radius 1 is 1.33 bits per heavy atom. The third kappa shape index (κ3) is 2.96. The van der Waals surface area contributed by atoms with Gasteiger partial charge in [0.25, 0.3) is 0 Å². The summed E-state index contributed by atoms with van der Waals surface area (Å²) in [4.78, 5) is 35.4. The van der Waals surface area contributed by atoms with Gasteiger partial charge >= 0.3 is 17.9 Å². The minimum atomic E-state index is -0.711. The van der Waals surface area contributed by atoms with Gasteiger partial charge in [-0.1, -0.05) is 6.58 Å². The van der Waals surface area contributed by atoms with Gasteiger partial charge in [0.1, 0.15) is 18.3 Å². The lowest BCUT2D eigenvalue weighted by molar-refractivity contribution is -0.147.